The van der Waals surface area contributed by atoms with E-state index in [1.807, 2.05) is 0 Å². The summed E-state index contributed by atoms with van der Waals surface area (Å²) >= 11 is 0. The molecular formula is C15H31NO8. The van der Waals surface area contributed by atoms with E-state index in [-0.39, 0.29) is 12.7 Å². The Morgan fingerprint density at radius 1 is 0.583 bits per heavy atom. The van der Waals surface area contributed by atoms with Gasteiger partial charge in [0.2, 0.25) is 0 Å². The van der Waals surface area contributed by atoms with Gasteiger partial charge in [-0.2, -0.15) is 0 Å². The maximum atomic E-state index is 5.60. The zero-order valence-electron chi connectivity index (χ0n) is 14.3. The highest BCUT2D eigenvalue weighted by molar-refractivity contribution is 4.55. The molecule has 1 aliphatic rings. The van der Waals surface area contributed by atoms with Crippen molar-refractivity contribution >= 4 is 0 Å². The van der Waals surface area contributed by atoms with Gasteiger partial charge >= 0.3 is 0 Å². The minimum absolute atomic E-state index is 0.232. The first kappa shape index (κ1) is 21.7. The van der Waals surface area contributed by atoms with Crippen LogP contribution in [0.3, 0.4) is 0 Å². The van der Waals surface area contributed by atoms with Crippen LogP contribution in [0.25, 0.3) is 0 Å². The summed E-state index contributed by atoms with van der Waals surface area (Å²) in [6.45, 7) is 6.79. The molecule has 0 radical (unpaired) electrons. The third kappa shape index (κ3) is 14.0. The second kappa shape index (κ2) is 17.5. The van der Waals surface area contributed by atoms with Crippen molar-refractivity contribution in [3.63, 3.8) is 0 Å². The summed E-state index contributed by atoms with van der Waals surface area (Å²) in [6.07, 6.45) is -0.232. The molecule has 0 aromatic carbocycles. The van der Waals surface area contributed by atoms with E-state index in [1.54, 1.807) is 0 Å². The van der Waals surface area contributed by atoms with Crippen molar-refractivity contribution in [2.45, 2.75) is 6.10 Å². The van der Waals surface area contributed by atoms with Gasteiger partial charge in [0.1, 0.15) is 6.10 Å². The zero-order valence-corrected chi connectivity index (χ0v) is 14.3. The van der Waals surface area contributed by atoms with Gasteiger partial charge in [0, 0.05) is 0 Å². The molecule has 1 saturated heterocycles. The van der Waals surface area contributed by atoms with E-state index in [1.165, 1.54) is 0 Å². The van der Waals surface area contributed by atoms with Crippen molar-refractivity contribution in [3.8, 4) is 0 Å². The van der Waals surface area contributed by atoms with Gasteiger partial charge in [-0.1, -0.05) is 0 Å². The minimum atomic E-state index is -0.232. The van der Waals surface area contributed by atoms with E-state index in [9.17, 15) is 0 Å². The first-order valence-electron chi connectivity index (χ1n) is 8.33. The average Bonchev–Trinajstić information content (AvgIpc) is 2.59. The Kier molecular flexibility index (Phi) is 15.8. The Labute approximate surface area is 143 Å². The van der Waals surface area contributed by atoms with E-state index >= 15 is 0 Å². The summed E-state index contributed by atoms with van der Waals surface area (Å²) in [5.41, 5.74) is 0. The zero-order chi connectivity index (χ0) is 17.1. The number of rotatable bonds is 2. The van der Waals surface area contributed by atoms with E-state index in [4.69, 9.17) is 39.1 Å². The van der Waals surface area contributed by atoms with Gasteiger partial charge < -0.3 is 38.0 Å². The summed E-state index contributed by atoms with van der Waals surface area (Å²) in [5.74, 6) is 5.10. The first-order valence-corrected chi connectivity index (χ1v) is 8.33. The molecule has 1 heterocycles. The summed E-state index contributed by atoms with van der Waals surface area (Å²) < 4.78 is 38.0. The number of ether oxygens (including phenoxy) is 7. The molecule has 0 amide bonds. The molecule has 144 valence electrons. The van der Waals surface area contributed by atoms with Crippen LogP contribution in [0.15, 0.2) is 0 Å². The van der Waals surface area contributed by atoms with Crippen LogP contribution in [-0.2, 0) is 38.0 Å². The Hall–Kier alpha value is -0.360. The predicted molar refractivity (Wildman–Crippen MR) is 84.8 cm³/mol. The molecule has 0 spiro atoms. The summed E-state index contributed by atoms with van der Waals surface area (Å²) in [6, 6.07) is 0. The van der Waals surface area contributed by atoms with Crippen LogP contribution in [0.4, 0.5) is 0 Å². The van der Waals surface area contributed by atoms with Gasteiger partial charge in [0.15, 0.2) is 0 Å². The fourth-order valence-corrected chi connectivity index (χ4v) is 1.84. The van der Waals surface area contributed by atoms with E-state index in [2.05, 4.69) is 4.84 Å². The lowest BCUT2D eigenvalue weighted by Gasteiger charge is -2.17. The molecule has 1 atom stereocenters. The highest BCUT2D eigenvalue weighted by Crippen LogP contribution is 1.95. The Morgan fingerprint density at radius 2 is 0.958 bits per heavy atom. The summed E-state index contributed by atoms with van der Waals surface area (Å²) in [4.78, 5) is 4.63. The largest absolute Gasteiger partial charge is 0.377 e. The standard InChI is InChI=1S/C15H31NO8/c16-24-14-15-13-22-10-9-20-6-5-18-2-1-17-3-4-19-7-8-21-11-12-23-15/h15H,1-14,16H2. The van der Waals surface area contributed by atoms with Gasteiger partial charge in [-0.25, -0.2) is 5.90 Å². The topological polar surface area (TPSA) is 99.9 Å². The third-order valence-electron chi connectivity index (χ3n) is 3.03. The molecule has 1 unspecified atom stereocenters. The van der Waals surface area contributed by atoms with Gasteiger partial charge in [-0.15, -0.1) is 0 Å². The SMILES string of the molecule is NOCC1COCCOCCOCCOCCOCCOCCO1. The van der Waals surface area contributed by atoms with Crippen molar-refractivity contribution in [3.05, 3.63) is 0 Å². The quantitative estimate of drug-likeness (QED) is 0.651. The molecule has 24 heavy (non-hydrogen) atoms. The van der Waals surface area contributed by atoms with Crippen molar-refractivity contribution in [2.75, 3.05) is 92.5 Å². The molecule has 0 saturated carbocycles. The van der Waals surface area contributed by atoms with Gasteiger partial charge in [-0.3, -0.25) is 0 Å². The van der Waals surface area contributed by atoms with Crippen molar-refractivity contribution in [2.24, 2.45) is 5.90 Å². The maximum absolute atomic E-state index is 5.60. The Morgan fingerprint density at radius 3 is 1.38 bits per heavy atom. The monoisotopic (exact) mass is 353 g/mol. The lowest BCUT2D eigenvalue weighted by molar-refractivity contribution is -0.0820. The second-order valence-electron chi connectivity index (χ2n) is 4.96. The highest BCUT2D eigenvalue weighted by atomic mass is 16.6. The summed E-state index contributed by atoms with van der Waals surface area (Å²) in [7, 11) is 0. The highest BCUT2D eigenvalue weighted by Gasteiger charge is 2.09. The Balaban J connectivity index is 2.18. The molecule has 0 aromatic heterocycles. The smallest absolute Gasteiger partial charge is 0.106 e. The fourth-order valence-electron chi connectivity index (χ4n) is 1.84. The van der Waals surface area contributed by atoms with Crippen LogP contribution in [0.5, 0.6) is 0 Å². The normalized spacial score (nSPS) is 25.6. The number of hydrogen-bond donors (Lipinski definition) is 1. The molecule has 9 heteroatoms. The van der Waals surface area contributed by atoms with Crippen LogP contribution >= 0.6 is 0 Å². The van der Waals surface area contributed by atoms with Gasteiger partial charge in [0.05, 0.1) is 92.5 Å². The van der Waals surface area contributed by atoms with Crippen LogP contribution < -0.4 is 5.90 Å². The molecule has 1 aliphatic heterocycles. The van der Waals surface area contributed by atoms with E-state index in [0.717, 1.165) is 0 Å². The van der Waals surface area contributed by atoms with Crippen molar-refractivity contribution in [1.82, 2.24) is 0 Å². The van der Waals surface area contributed by atoms with E-state index < -0.39 is 0 Å². The number of hydrogen-bond acceptors (Lipinski definition) is 9. The average molecular weight is 353 g/mol. The van der Waals surface area contributed by atoms with E-state index in [0.29, 0.717) is 85.9 Å². The first-order chi connectivity index (χ1) is 11.9. The predicted octanol–water partition coefficient (Wildman–Crippen LogP) is -0.625. The second-order valence-corrected chi connectivity index (χ2v) is 4.96. The van der Waals surface area contributed by atoms with Crippen molar-refractivity contribution in [1.29, 1.82) is 0 Å². The van der Waals surface area contributed by atoms with Crippen LogP contribution in [0, 0.1) is 0 Å². The minimum Gasteiger partial charge on any atom is -0.377 e. The Bertz CT molecular complexity index is 238. The fraction of sp³-hybridized carbons (Fsp3) is 1.00. The molecular weight excluding hydrogens is 322 g/mol. The van der Waals surface area contributed by atoms with Crippen LogP contribution in [0.1, 0.15) is 0 Å². The number of nitrogens with two attached hydrogens (primary N) is 1. The van der Waals surface area contributed by atoms with Gasteiger partial charge in [-0.05, 0) is 0 Å². The maximum Gasteiger partial charge on any atom is 0.106 e. The molecule has 2 N–H and O–H groups in total. The lowest BCUT2D eigenvalue weighted by atomic mass is 10.4. The molecule has 0 bridgehead atoms. The molecule has 0 aromatic rings. The third-order valence-corrected chi connectivity index (χ3v) is 3.03. The molecule has 0 aliphatic carbocycles. The lowest BCUT2D eigenvalue weighted by Crippen LogP contribution is -2.29. The van der Waals surface area contributed by atoms with Crippen LogP contribution in [0.2, 0.25) is 0 Å². The summed E-state index contributed by atoms with van der Waals surface area (Å²) in [5, 5.41) is 0. The van der Waals surface area contributed by atoms with Crippen molar-refractivity contribution < 1.29 is 38.0 Å². The molecule has 1 rings (SSSR count). The molecule has 9 nitrogen and oxygen atoms in total. The van der Waals surface area contributed by atoms with Crippen LogP contribution in [-0.4, -0.2) is 98.6 Å². The molecule has 1 fully saturated rings. The van der Waals surface area contributed by atoms with Gasteiger partial charge in [0.25, 0.3) is 0 Å².